The molecular formula is C17H26N4O2. The van der Waals surface area contributed by atoms with Crippen molar-refractivity contribution >= 4 is 11.6 Å². The van der Waals surface area contributed by atoms with E-state index >= 15 is 0 Å². The molecule has 2 fully saturated rings. The Hall–Kier alpha value is -1.63. The molecule has 1 aromatic rings. The van der Waals surface area contributed by atoms with Gasteiger partial charge in [0, 0.05) is 51.5 Å². The number of piperazine rings is 1. The molecule has 0 spiro atoms. The van der Waals surface area contributed by atoms with Crippen molar-refractivity contribution in [3.8, 4) is 0 Å². The standard InChI is InChI=1S/C17H26N4O2/c18-16-4-2-1-3-15(16)13-19-5-7-21(8-6-19)17(22)14-20-9-11-23-12-10-20/h1-4H,5-14,18H2. The average molecular weight is 318 g/mol. The van der Waals surface area contributed by atoms with Gasteiger partial charge in [0.25, 0.3) is 0 Å². The lowest BCUT2D eigenvalue weighted by molar-refractivity contribution is -0.135. The van der Waals surface area contributed by atoms with Gasteiger partial charge < -0.3 is 15.4 Å². The van der Waals surface area contributed by atoms with Crippen LogP contribution in [0.15, 0.2) is 24.3 Å². The van der Waals surface area contributed by atoms with E-state index in [1.54, 1.807) is 0 Å². The summed E-state index contributed by atoms with van der Waals surface area (Å²) >= 11 is 0. The molecule has 126 valence electrons. The second-order valence-electron chi connectivity index (χ2n) is 6.24. The van der Waals surface area contributed by atoms with E-state index in [1.165, 1.54) is 5.56 Å². The van der Waals surface area contributed by atoms with Crippen LogP contribution in [0.4, 0.5) is 5.69 Å². The van der Waals surface area contributed by atoms with Crippen molar-refractivity contribution in [3.05, 3.63) is 29.8 Å². The third-order valence-corrected chi connectivity index (χ3v) is 4.64. The fraction of sp³-hybridized carbons (Fsp3) is 0.588. The molecule has 0 unspecified atom stereocenters. The molecule has 0 saturated carbocycles. The highest BCUT2D eigenvalue weighted by Crippen LogP contribution is 2.15. The van der Waals surface area contributed by atoms with Crippen LogP contribution in [0.5, 0.6) is 0 Å². The molecule has 6 heteroatoms. The molecular weight excluding hydrogens is 292 g/mol. The molecule has 0 bridgehead atoms. The predicted molar refractivity (Wildman–Crippen MR) is 90.0 cm³/mol. The maximum Gasteiger partial charge on any atom is 0.236 e. The van der Waals surface area contributed by atoms with Crippen molar-refractivity contribution in [1.29, 1.82) is 0 Å². The quantitative estimate of drug-likeness (QED) is 0.806. The molecule has 0 aromatic heterocycles. The molecule has 2 saturated heterocycles. The minimum Gasteiger partial charge on any atom is -0.398 e. The Bertz CT molecular complexity index is 523. The van der Waals surface area contributed by atoms with Gasteiger partial charge in [0.2, 0.25) is 5.91 Å². The zero-order valence-corrected chi connectivity index (χ0v) is 13.6. The van der Waals surface area contributed by atoms with E-state index in [-0.39, 0.29) is 5.91 Å². The van der Waals surface area contributed by atoms with Crippen LogP contribution in [0.25, 0.3) is 0 Å². The van der Waals surface area contributed by atoms with Crippen LogP contribution in [0, 0.1) is 0 Å². The average Bonchev–Trinajstić information content (AvgIpc) is 2.58. The van der Waals surface area contributed by atoms with Gasteiger partial charge in [-0.05, 0) is 11.6 Å². The second-order valence-corrected chi connectivity index (χ2v) is 6.24. The third kappa shape index (κ3) is 4.43. The van der Waals surface area contributed by atoms with Gasteiger partial charge in [-0.3, -0.25) is 14.6 Å². The number of para-hydroxylation sites is 1. The number of nitrogen functional groups attached to an aromatic ring is 1. The number of morpholine rings is 1. The minimum atomic E-state index is 0.241. The molecule has 2 heterocycles. The van der Waals surface area contributed by atoms with Crippen LogP contribution in [-0.2, 0) is 16.1 Å². The van der Waals surface area contributed by atoms with Gasteiger partial charge in [0.15, 0.2) is 0 Å². The summed E-state index contributed by atoms with van der Waals surface area (Å²) in [5.41, 5.74) is 8.02. The fourth-order valence-corrected chi connectivity index (χ4v) is 3.13. The zero-order valence-electron chi connectivity index (χ0n) is 13.6. The number of benzene rings is 1. The second kappa shape index (κ2) is 7.77. The van der Waals surface area contributed by atoms with E-state index in [2.05, 4.69) is 15.9 Å². The molecule has 0 radical (unpaired) electrons. The van der Waals surface area contributed by atoms with Gasteiger partial charge in [-0.15, -0.1) is 0 Å². The third-order valence-electron chi connectivity index (χ3n) is 4.64. The first kappa shape index (κ1) is 16.2. The van der Waals surface area contributed by atoms with E-state index < -0.39 is 0 Å². The van der Waals surface area contributed by atoms with Crippen LogP contribution in [0.1, 0.15) is 5.56 Å². The van der Waals surface area contributed by atoms with Crippen LogP contribution in [0.3, 0.4) is 0 Å². The first-order chi connectivity index (χ1) is 11.2. The van der Waals surface area contributed by atoms with Crippen molar-refractivity contribution in [3.63, 3.8) is 0 Å². The van der Waals surface area contributed by atoms with Crippen molar-refractivity contribution in [2.75, 3.05) is 64.8 Å². The van der Waals surface area contributed by atoms with Gasteiger partial charge in [0.05, 0.1) is 19.8 Å². The summed E-state index contributed by atoms with van der Waals surface area (Å²) in [6.07, 6.45) is 0. The zero-order chi connectivity index (χ0) is 16.1. The first-order valence-corrected chi connectivity index (χ1v) is 8.36. The van der Waals surface area contributed by atoms with E-state index in [1.807, 2.05) is 23.1 Å². The normalized spacial score (nSPS) is 20.6. The number of hydrogen-bond donors (Lipinski definition) is 1. The number of amides is 1. The Morgan fingerprint density at radius 2 is 1.70 bits per heavy atom. The van der Waals surface area contributed by atoms with Gasteiger partial charge in [-0.1, -0.05) is 18.2 Å². The number of anilines is 1. The van der Waals surface area contributed by atoms with Crippen LogP contribution in [0.2, 0.25) is 0 Å². The Morgan fingerprint density at radius 1 is 1.00 bits per heavy atom. The summed E-state index contributed by atoms with van der Waals surface area (Å²) < 4.78 is 5.32. The number of nitrogens with zero attached hydrogens (tertiary/aromatic N) is 3. The summed E-state index contributed by atoms with van der Waals surface area (Å²) in [4.78, 5) is 18.9. The summed E-state index contributed by atoms with van der Waals surface area (Å²) in [5.74, 6) is 0.241. The summed E-state index contributed by atoms with van der Waals surface area (Å²) in [6, 6.07) is 8.00. The predicted octanol–water partition coefficient (Wildman–Crippen LogP) is 0.245. The smallest absolute Gasteiger partial charge is 0.236 e. The Morgan fingerprint density at radius 3 is 2.39 bits per heavy atom. The van der Waals surface area contributed by atoms with E-state index in [0.717, 1.165) is 64.7 Å². The molecule has 1 amide bonds. The molecule has 1 aromatic carbocycles. The maximum atomic E-state index is 12.4. The molecule has 2 N–H and O–H groups in total. The van der Waals surface area contributed by atoms with Crippen molar-refractivity contribution < 1.29 is 9.53 Å². The Balaban J connectivity index is 1.44. The monoisotopic (exact) mass is 318 g/mol. The van der Waals surface area contributed by atoms with Gasteiger partial charge >= 0.3 is 0 Å². The number of nitrogens with two attached hydrogens (primary N) is 1. The van der Waals surface area contributed by atoms with Gasteiger partial charge in [0.1, 0.15) is 0 Å². The van der Waals surface area contributed by atoms with Crippen molar-refractivity contribution in [1.82, 2.24) is 14.7 Å². The van der Waals surface area contributed by atoms with Gasteiger partial charge in [-0.2, -0.15) is 0 Å². The summed E-state index contributed by atoms with van der Waals surface area (Å²) in [7, 11) is 0. The SMILES string of the molecule is Nc1ccccc1CN1CCN(C(=O)CN2CCOCC2)CC1. The highest BCUT2D eigenvalue weighted by atomic mass is 16.5. The summed E-state index contributed by atoms with van der Waals surface area (Å²) in [6.45, 7) is 7.99. The Labute approximate surface area is 137 Å². The van der Waals surface area contributed by atoms with Gasteiger partial charge in [-0.25, -0.2) is 0 Å². The van der Waals surface area contributed by atoms with E-state index in [9.17, 15) is 4.79 Å². The lowest BCUT2D eigenvalue weighted by Gasteiger charge is -2.36. The fourth-order valence-electron chi connectivity index (χ4n) is 3.13. The highest BCUT2D eigenvalue weighted by molar-refractivity contribution is 5.78. The topological polar surface area (TPSA) is 62.0 Å². The lowest BCUT2D eigenvalue weighted by atomic mass is 10.1. The molecule has 3 rings (SSSR count). The molecule has 0 aliphatic carbocycles. The molecule has 6 nitrogen and oxygen atoms in total. The highest BCUT2D eigenvalue weighted by Gasteiger charge is 2.23. The van der Waals surface area contributed by atoms with Crippen LogP contribution in [-0.4, -0.2) is 79.6 Å². The molecule has 2 aliphatic heterocycles. The van der Waals surface area contributed by atoms with E-state index in [4.69, 9.17) is 10.5 Å². The van der Waals surface area contributed by atoms with Crippen molar-refractivity contribution in [2.24, 2.45) is 0 Å². The van der Waals surface area contributed by atoms with Crippen LogP contribution < -0.4 is 5.73 Å². The number of hydrogen-bond acceptors (Lipinski definition) is 5. The molecule has 23 heavy (non-hydrogen) atoms. The van der Waals surface area contributed by atoms with E-state index in [0.29, 0.717) is 6.54 Å². The number of carbonyl (C=O) groups excluding carboxylic acids is 1. The largest absolute Gasteiger partial charge is 0.398 e. The number of rotatable bonds is 4. The number of carbonyl (C=O) groups is 1. The minimum absolute atomic E-state index is 0.241. The molecule has 0 atom stereocenters. The van der Waals surface area contributed by atoms with Crippen molar-refractivity contribution in [2.45, 2.75) is 6.54 Å². The maximum absolute atomic E-state index is 12.4. The number of ether oxygens (including phenoxy) is 1. The lowest BCUT2D eigenvalue weighted by Crippen LogP contribution is -2.52. The van der Waals surface area contributed by atoms with Crippen LogP contribution >= 0.6 is 0 Å². The first-order valence-electron chi connectivity index (χ1n) is 8.36. The molecule has 2 aliphatic rings. The Kier molecular flexibility index (Phi) is 5.48. The summed E-state index contributed by atoms with van der Waals surface area (Å²) in [5, 5.41) is 0.